The zero-order valence-electron chi connectivity index (χ0n) is 14.3. The Morgan fingerprint density at radius 2 is 1.73 bits per heavy atom. The first-order valence-electron chi connectivity index (χ1n) is 8.39. The highest BCUT2D eigenvalue weighted by molar-refractivity contribution is 5.91. The average Bonchev–Trinajstić information content (AvgIpc) is 3.18. The molecule has 2 amide bonds. The van der Waals surface area contributed by atoms with Gasteiger partial charge in [-0.2, -0.15) is 0 Å². The third-order valence-corrected chi connectivity index (χ3v) is 3.84. The standard InChI is InChI=1S/C20H20N4O2/c25-19(10-11-22-20(26)14-16-4-2-1-3-5-16)23-17-6-8-18(9-7-17)24-13-12-21-15-24/h1-9,12-13,15H,10-11,14H2,(H,22,26)(H,23,25). The fourth-order valence-electron chi connectivity index (χ4n) is 2.51. The molecule has 26 heavy (non-hydrogen) atoms. The Labute approximate surface area is 151 Å². The molecule has 0 fully saturated rings. The SMILES string of the molecule is O=C(Cc1ccccc1)NCCC(=O)Nc1ccc(-n2ccnc2)cc1. The highest BCUT2D eigenvalue weighted by Crippen LogP contribution is 2.13. The maximum atomic E-state index is 12.0. The minimum atomic E-state index is -0.139. The van der Waals surface area contributed by atoms with Gasteiger partial charge in [0, 0.05) is 36.7 Å². The van der Waals surface area contributed by atoms with Crippen LogP contribution >= 0.6 is 0 Å². The van der Waals surface area contributed by atoms with Crippen LogP contribution in [0, 0.1) is 0 Å². The summed E-state index contributed by atoms with van der Waals surface area (Å²) in [6.07, 6.45) is 5.82. The lowest BCUT2D eigenvalue weighted by molar-refractivity contribution is -0.120. The van der Waals surface area contributed by atoms with Crippen molar-refractivity contribution in [2.24, 2.45) is 0 Å². The lowest BCUT2D eigenvalue weighted by Gasteiger charge is -2.08. The van der Waals surface area contributed by atoms with Crippen molar-refractivity contribution >= 4 is 17.5 Å². The molecule has 0 aliphatic carbocycles. The van der Waals surface area contributed by atoms with E-state index in [9.17, 15) is 9.59 Å². The maximum Gasteiger partial charge on any atom is 0.226 e. The molecule has 6 nitrogen and oxygen atoms in total. The van der Waals surface area contributed by atoms with E-state index in [1.807, 2.05) is 65.4 Å². The molecular weight excluding hydrogens is 328 g/mol. The van der Waals surface area contributed by atoms with Gasteiger partial charge in [-0.15, -0.1) is 0 Å². The van der Waals surface area contributed by atoms with Crippen molar-refractivity contribution in [1.82, 2.24) is 14.9 Å². The molecule has 3 aromatic rings. The van der Waals surface area contributed by atoms with Gasteiger partial charge in [-0.05, 0) is 29.8 Å². The molecule has 132 valence electrons. The highest BCUT2D eigenvalue weighted by atomic mass is 16.2. The largest absolute Gasteiger partial charge is 0.355 e. The van der Waals surface area contributed by atoms with Crippen molar-refractivity contribution in [1.29, 1.82) is 0 Å². The number of nitrogens with one attached hydrogen (secondary N) is 2. The molecule has 1 aromatic heterocycles. The number of aromatic nitrogens is 2. The summed E-state index contributed by atoms with van der Waals surface area (Å²) in [5, 5.41) is 5.59. The second-order valence-corrected chi connectivity index (χ2v) is 5.83. The quantitative estimate of drug-likeness (QED) is 0.689. The first-order valence-corrected chi connectivity index (χ1v) is 8.39. The Balaban J connectivity index is 1.40. The van der Waals surface area contributed by atoms with Crippen molar-refractivity contribution in [3.63, 3.8) is 0 Å². The smallest absolute Gasteiger partial charge is 0.226 e. The summed E-state index contributed by atoms with van der Waals surface area (Å²) in [6.45, 7) is 0.310. The first kappa shape index (κ1) is 17.4. The van der Waals surface area contributed by atoms with Crippen LogP contribution in [-0.2, 0) is 16.0 Å². The summed E-state index contributed by atoms with van der Waals surface area (Å²) in [6, 6.07) is 17.0. The number of hydrogen-bond acceptors (Lipinski definition) is 3. The van der Waals surface area contributed by atoms with Crippen LogP contribution in [0.25, 0.3) is 5.69 Å². The summed E-state index contributed by atoms with van der Waals surface area (Å²) in [7, 11) is 0. The number of nitrogens with zero attached hydrogens (tertiary/aromatic N) is 2. The van der Waals surface area contributed by atoms with Crippen LogP contribution in [0.3, 0.4) is 0 Å². The second-order valence-electron chi connectivity index (χ2n) is 5.83. The van der Waals surface area contributed by atoms with Gasteiger partial charge in [-0.3, -0.25) is 9.59 Å². The van der Waals surface area contributed by atoms with Crippen molar-refractivity contribution in [3.05, 3.63) is 78.9 Å². The number of hydrogen-bond donors (Lipinski definition) is 2. The summed E-state index contributed by atoms with van der Waals surface area (Å²) in [5.74, 6) is -0.228. The zero-order valence-corrected chi connectivity index (χ0v) is 14.3. The fourth-order valence-corrected chi connectivity index (χ4v) is 2.51. The van der Waals surface area contributed by atoms with Crippen LogP contribution in [0.5, 0.6) is 0 Å². The van der Waals surface area contributed by atoms with E-state index in [0.29, 0.717) is 13.0 Å². The van der Waals surface area contributed by atoms with Gasteiger partial charge in [0.05, 0.1) is 12.7 Å². The summed E-state index contributed by atoms with van der Waals surface area (Å²) in [4.78, 5) is 27.8. The molecule has 0 atom stereocenters. The molecule has 3 rings (SSSR count). The molecule has 6 heteroatoms. The number of rotatable bonds is 7. The van der Waals surface area contributed by atoms with Gasteiger partial charge in [-0.25, -0.2) is 4.98 Å². The van der Waals surface area contributed by atoms with Crippen LogP contribution in [0.15, 0.2) is 73.3 Å². The van der Waals surface area contributed by atoms with Crippen molar-refractivity contribution in [2.75, 3.05) is 11.9 Å². The monoisotopic (exact) mass is 348 g/mol. The van der Waals surface area contributed by atoms with Gasteiger partial charge in [0.25, 0.3) is 0 Å². The van der Waals surface area contributed by atoms with Gasteiger partial charge < -0.3 is 15.2 Å². The van der Waals surface area contributed by atoms with Crippen molar-refractivity contribution < 1.29 is 9.59 Å². The lowest BCUT2D eigenvalue weighted by atomic mass is 10.1. The van der Waals surface area contributed by atoms with Gasteiger partial charge in [0.15, 0.2) is 0 Å². The van der Waals surface area contributed by atoms with E-state index in [4.69, 9.17) is 0 Å². The van der Waals surface area contributed by atoms with Crippen LogP contribution in [0.1, 0.15) is 12.0 Å². The normalized spacial score (nSPS) is 10.3. The van der Waals surface area contributed by atoms with E-state index in [-0.39, 0.29) is 18.2 Å². The molecule has 0 radical (unpaired) electrons. The van der Waals surface area contributed by atoms with Crippen molar-refractivity contribution in [3.8, 4) is 5.69 Å². The molecule has 1 heterocycles. The minimum Gasteiger partial charge on any atom is -0.355 e. The van der Waals surface area contributed by atoms with Gasteiger partial charge in [-0.1, -0.05) is 30.3 Å². The number of amides is 2. The Morgan fingerprint density at radius 3 is 2.42 bits per heavy atom. The molecule has 0 bridgehead atoms. The fraction of sp³-hybridized carbons (Fsp3) is 0.150. The third kappa shape index (κ3) is 5.04. The van der Waals surface area contributed by atoms with E-state index in [0.717, 1.165) is 16.9 Å². The maximum absolute atomic E-state index is 12.0. The van der Waals surface area contributed by atoms with Crippen LogP contribution in [0.4, 0.5) is 5.69 Å². The van der Waals surface area contributed by atoms with Crippen molar-refractivity contribution in [2.45, 2.75) is 12.8 Å². The molecule has 0 saturated heterocycles. The van der Waals surface area contributed by atoms with Gasteiger partial charge in [0.1, 0.15) is 0 Å². The number of benzene rings is 2. The molecule has 0 aliphatic heterocycles. The first-order chi connectivity index (χ1) is 12.7. The van der Waals surface area contributed by atoms with E-state index in [2.05, 4.69) is 15.6 Å². The molecule has 2 N–H and O–H groups in total. The van der Waals surface area contributed by atoms with E-state index in [1.54, 1.807) is 12.5 Å². The molecule has 0 spiro atoms. The number of imidazole rings is 1. The number of anilines is 1. The summed E-state index contributed by atoms with van der Waals surface area (Å²) >= 11 is 0. The van der Waals surface area contributed by atoms with E-state index < -0.39 is 0 Å². The lowest BCUT2D eigenvalue weighted by Crippen LogP contribution is -2.28. The topological polar surface area (TPSA) is 76.0 Å². The van der Waals surface area contributed by atoms with E-state index >= 15 is 0 Å². The predicted octanol–water partition coefficient (Wildman–Crippen LogP) is 2.56. The van der Waals surface area contributed by atoms with Crippen LogP contribution in [0.2, 0.25) is 0 Å². The molecule has 2 aromatic carbocycles. The molecule has 0 saturated carbocycles. The predicted molar refractivity (Wildman–Crippen MR) is 100.0 cm³/mol. The summed E-state index contributed by atoms with van der Waals surface area (Å²) in [5.41, 5.74) is 2.63. The van der Waals surface area contributed by atoms with Gasteiger partial charge >= 0.3 is 0 Å². The molecule has 0 unspecified atom stereocenters. The summed E-state index contributed by atoms with van der Waals surface area (Å²) < 4.78 is 1.88. The minimum absolute atomic E-state index is 0.0892. The number of carbonyl (C=O) groups excluding carboxylic acids is 2. The Hall–Kier alpha value is -3.41. The average molecular weight is 348 g/mol. The van der Waals surface area contributed by atoms with Crippen LogP contribution < -0.4 is 10.6 Å². The number of carbonyl (C=O) groups is 2. The molecular formula is C20H20N4O2. The van der Waals surface area contributed by atoms with Gasteiger partial charge in [0.2, 0.25) is 11.8 Å². The second kappa shape index (κ2) is 8.62. The van der Waals surface area contributed by atoms with Crippen LogP contribution in [-0.4, -0.2) is 27.9 Å². The highest BCUT2D eigenvalue weighted by Gasteiger charge is 2.06. The Morgan fingerprint density at radius 1 is 0.962 bits per heavy atom. The Bertz CT molecular complexity index is 843. The zero-order chi connectivity index (χ0) is 18.2. The third-order valence-electron chi connectivity index (χ3n) is 3.84. The Kier molecular flexibility index (Phi) is 5.77. The van der Waals surface area contributed by atoms with E-state index in [1.165, 1.54) is 0 Å². The molecule has 0 aliphatic rings.